The van der Waals surface area contributed by atoms with Gasteiger partial charge in [0.05, 0.1) is 16.4 Å². The number of phenols is 1. The molecule has 3 aromatic rings. The van der Waals surface area contributed by atoms with Crippen LogP contribution < -0.4 is 5.43 Å². The minimum atomic E-state index is -0.287. The second-order valence-corrected chi connectivity index (χ2v) is 11.2. The molecule has 0 spiro atoms. The third kappa shape index (κ3) is 6.96. The van der Waals surface area contributed by atoms with Gasteiger partial charge in [-0.3, -0.25) is 4.79 Å². The van der Waals surface area contributed by atoms with E-state index in [1.807, 2.05) is 24.3 Å². The molecule has 2 aromatic carbocycles. The predicted octanol–water partition coefficient (Wildman–Crippen LogP) is 5.96. The first-order chi connectivity index (χ1) is 14.4. The fourth-order valence-corrected chi connectivity index (χ4v) is 6.44. The van der Waals surface area contributed by atoms with Crippen molar-refractivity contribution in [3.8, 4) is 5.75 Å². The molecule has 0 saturated carbocycles. The van der Waals surface area contributed by atoms with Crippen LogP contribution in [0, 0.1) is 0 Å². The number of carbonyl (C=O) groups excluding carboxylic acids is 1. The highest BCUT2D eigenvalue weighted by atomic mass is 79.9. The predicted molar refractivity (Wildman–Crippen MR) is 131 cm³/mol. The Morgan fingerprint density at radius 3 is 2.73 bits per heavy atom. The van der Waals surface area contributed by atoms with E-state index in [0.29, 0.717) is 20.1 Å². The van der Waals surface area contributed by atoms with Crippen molar-refractivity contribution in [3.63, 3.8) is 0 Å². The summed E-state index contributed by atoms with van der Waals surface area (Å²) in [5, 5.41) is 22.8. The molecule has 0 bridgehead atoms. The van der Waals surface area contributed by atoms with Crippen LogP contribution >= 0.6 is 78.3 Å². The fraction of sp³-hybridized carbons (Fsp3) is 0.111. The normalized spacial score (nSPS) is 11.2. The second-order valence-electron chi connectivity index (χ2n) is 5.62. The molecule has 2 N–H and O–H groups in total. The molecular weight excluding hydrogens is 596 g/mol. The molecule has 0 aliphatic carbocycles. The number of nitrogens with one attached hydrogen (secondary N) is 1. The molecule has 1 aromatic heterocycles. The molecule has 6 nitrogen and oxygen atoms in total. The zero-order valence-corrected chi connectivity index (χ0v) is 21.4. The van der Waals surface area contributed by atoms with Crippen molar-refractivity contribution in [1.29, 1.82) is 0 Å². The number of phenolic OH excluding ortho intramolecular Hbond substituents is 1. The van der Waals surface area contributed by atoms with Crippen molar-refractivity contribution in [3.05, 3.63) is 61.5 Å². The number of amides is 1. The number of aromatic nitrogens is 2. The summed E-state index contributed by atoms with van der Waals surface area (Å²) in [7, 11) is 0. The number of rotatable bonds is 8. The molecule has 0 radical (unpaired) electrons. The van der Waals surface area contributed by atoms with Gasteiger partial charge in [-0.15, -0.1) is 10.2 Å². The second kappa shape index (κ2) is 11.5. The highest BCUT2D eigenvalue weighted by Gasteiger charge is 2.10. The molecule has 0 aliphatic heterocycles. The largest absolute Gasteiger partial charge is 0.506 e. The maximum absolute atomic E-state index is 12.0. The smallest absolute Gasteiger partial charge is 0.250 e. The minimum absolute atomic E-state index is 0.0428. The lowest BCUT2D eigenvalue weighted by atomic mass is 10.2. The number of hydrogen-bond acceptors (Lipinski definition) is 8. The van der Waals surface area contributed by atoms with E-state index < -0.39 is 0 Å². The van der Waals surface area contributed by atoms with Crippen LogP contribution in [0.3, 0.4) is 0 Å². The third-order valence-electron chi connectivity index (χ3n) is 3.47. The van der Waals surface area contributed by atoms with Gasteiger partial charge in [-0.05, 0) is 39.7 Å². The van der Waals surface area contributed by atoms with Crippen molar-refractivity contribution >= 4 is 90.4 Å². The Balaban J connectivity index is 1.46. The summed E-state index contributed by atoms with van der Waals surface area (Å²) >= 11 is 17.0. The molecule has 156 valence electrons. The highest BCUT2D eigenvalue weighted by Crippen LogP contribution is 2.32. The number of nitrogens with zero attached hydrogens (tertiary/aromatic N) is 3. The van der Waals surface area contributed by atoms with Crippen LogP contribution in [0.25, 0.3) is 0 Å². The summed E-state index contributed by atoms with van der Waals surface area (Å²) in [6.45, 7) is 0. The molecule has 0 unspecified atom stereocenters. The van der Waals surface area contributed by atoms with Gasteiger partial charge in [-0.25, -0.2) is 5.43 Å². The molecule has 0 aliphatic rings. The molecule has 1 heterocycles. The first-order valence-corrected chi connectivity index (χ1v) is 13.0. The van der Waals surface area contributed by atoms with E-state index in [4.69, 9.17) is 11.6 Å². The summed E-state index contributed by atoms with van der Waals surface area (Å²) in [6, 6.07) is 11.1. The van der Waals surface area contributed by atoms with Crippen molar-refractivity contribution in [2.45, 2.75) is 14.4 Å². The van der Waals surface area contributed by atoms with Crippen LogP contribution in [-0.4, -0.2) is 33.2 Å². The topological polar surface area (TPSA) is 87.5 Å². The lowest BCUT2D eigenvalue weighted by Crippen LogP contribution is -2.19. The standard InChI is InChI=1S/C18H13Br2ClN4O2S3/c19-12-5-11(16(27)13(20)6-12)7-22-23-15(26)9-29-18-25-24-17(30-18)28-8-10-3-1-2-4-14(10)21/h1-7,27H,8-9H2,(H,23,26)/b22-7+. The van der Waals surface area contributed by atoms with Crippen LogP contribution in [0.5, 0.6) is 5.75 Å². The summed E-state index contributed by atoms with van der Waals surface area (Å²) < 4.78 is 2.81. The van der Waals surface area contributed by atoms with Crippen LogP contribution in [0.15, 0.2) is 59.1 Å². The van der Waals surface area contributed by atoms with Gasteiger partial charge in [-0.2, -0.15) is 5.10 Å². The van der Waals surface area contributed by atoms with Crippen molar-refractivity contribution < 1.29 is 9.90 Å². The maximum atomic E-state index is 12.0. The monoisotopic (exact) mass is 606 g/mol. The summed E-state index contributed by atoms with van der Waals surface area (Å²) in [5.41, 5.74) is 3.93. The van der Waals surface area contributed by atoms with E-state index in [9.17, 15) is 9.90 Å². The SMILES string of the molecule is O=C(CSc1nnc(SCc2ccccc2Cl)s1)N/N=C/c1cc(Br)cc(Br)c1O. The van der Waals surface area contributed by atoms with Crippen LogP contribution in [0.2, 0.25) is 5.02 Å². The van der Waals surface area contributed by atoms with Crippen molar-refractivity contribution in [2.75, 3.05) is 5.75 Å². The van der Waals surface area contributed by atoms with E-state index in [0.717, 1.165) is 19.4 Å². The number of benzene rings is 2. The van der Waals surface area contributed by atoms with Gasteiger partial charge < -0.3 is 5.11 Å². The fourth-order valence-electron chi connectivity index (χ4n) is 2.09. The Labute approximate surface area is 207 Å². The first-order valence-electron chi connectivity index (χ1n) is 8.25. The number of hydrogen-bond donors (Lipinski definition) is 2. The minimum Gasteiger partial charge on any atom is -0.506 e. The number of aromatic hydroxyl groups is 1. The van der Waals surface area contributed by atoms with Crippen LogP contribution in [-0.2, 0) is 10.5 Å². The Kier molecular flexibility index (Phi) is 9.02. The van der Waals surface area contributed by atoms with Gasteiger partial charge in [0.25, 0.3) is 5.91 Å². The summed E-state index contributed by atoms with van der Waals surface area (Å²) in [4.78, 5) is 12.0. The zero-order valence-electron chi connectivity index (χ0n) is 15.0. The molecule has 1 amide bonds. The van der Waals surface area contributed by atoms with E-state index in [2.05, 4.69) is 52.6 Å². The Morgan fingerprint density at radius 2 is 1.97 bits per heavy atom. The first kappa shape index (κ1) is 23.6. The van der Waals surface area contributed by atoms with Crippen LogP contribution in [0.4, 0.5) is 0 Å². The molecular formula is C18H13Br2ClN4O2S3. The van der Waals surface area contributed by atoms with E-state index in [1.165, 1.54) is 29.3 Å². The van der Waals surface area contributed by atoms with Gasteiger partial charge in [0.2, 0.25) is 0 Å². The highest BCUT2D eigenvalue weighted by molar-refractivity contribution is 9.11. The van der Waals surface area contributed by atoms with Crippen molar-refractivity contribution in [1.82, 2.24) is 15.6 Å². The van der Waals surface area contributed by atoms with Gasteiger partial charge >= 0.3 is 0 Å². The van der Waals surface area contributed by atoms with E-state index in [1.54, 1.807) is 23.9 Å². The molecule has 0 fully saturated rings. The average molecular weight is 609 g/mol. The number of thioether (sulfide) groups is 2. The third-order valence-corrected chi connectivity index (χ3v) is 8.14. The quantitative estimate of drug-likeness (QED) is 0.187. The number of halogens is 3. The molecule has 3 rings (SSSR count). The van der Waals surface area contributed by atoms with Gasteiger partial charge in [0.15, 0.2) is 8.68 Å². The molecule has 0 saturated heterocycles. The lowest BCUT2D eigenvalue weighted by Gasteiger charge is -2.03. The van der Waals surface area contributed by atoms with E-state index >= 15 is 0 Å². The van der Waals surface area contributed by atoms with Crippen LogP contribution in [0.1, 0.15) is 11.1 Å². The van der Waals surface area contributed by atoms with Crippen molar-refractivity contribution in [2.24, 2.45) is 5.10 Å². The van der Waals surface area contributed by atoms with Gasteiger partial charge in [0.1, 0.15) is 5.75 Å². The Morgan fingerprint density at radius 1 is 1.23 bits per heavy atom. The van der Waals surface area contributed by atoms with Gasteiger partial charge in [0, 0.05) is 20.8 Å². The lowest BCUT2D eigenvalue weighted by molar-refractivity contribution is -0.118. The number of carbonyl (C=O) groups is 1. The maximum Gasteiger partial charge on any atom is 0.250 e. The Bertz CT molecular complexity index is 1080. The Hall–Kier alpha value is -1.11. The van der Waals surface area contributed by atoms with E-state index in [-0.39, 0.29) is 17.4 Å². The summed E-state index contributed by atoms with van der Waals surface area (Å²) in [5.74, 6) is 0.605. The average Bonchev–Trinajstić information content (AvgIpc) is 3.17. The molecule has 0 atom stereocenters. The molecule has 30 heavy (non-hydrogen) atoms. The molecule has 12 heteroatoms. The number of hydrazone groups is 1. The van der Waals surface area contributed by atoms with Gasteiger partial charge in [-0.1, -0.05) is 80.6 Å². The summed E-state index contributed by atoms with van der Waals surface area (Å²) in [6.07, 6.45) is 1.38. The zero-order chi connectivity index (χ0) is 21.5.